The fourth-order valence-corrected chi connectivity index (χ4v) is 2.96. The molecular formula is C21H19N3O3. The summed E-state index contributed by atoms with van der Waals surface area (Å²) in [6.07, 6.45) is 1.61. The van der Waals surface area contributed by atoms with Crippen LogP contribution in [-0.4, -0.2) is 17.7 Å². The van der Waals surface area contributed by atoms with E-state index < -0.39 is 0 Å². The molecule has 1 amide bonds. The van der Waals surface area contributed by atoms with Crippen LogP contribution in [0.25, 0.3) is 0 Å². The second kappa shape index (κ2) is 6.99. The number of aryl methyl sites for hydroxylation is 2. The van der Waals surface area contributed by atoms with Crippen LogP contribution in [0, 0.1) is 13.8 Å². The maximum absolute atomic E-state index is 12.7. The van der Waals surface area contributed by atoms with Gasteiger partial charge in [0, 0.05) is 29.2 Å². The highest BCUT2D eigenvalue weighted by Crippen LogP contribution is 2.35. The van der Waals surface area contributed by atoms with E-state index in [9.17, 15) is 4.79 Å². The predicted octanol–water partition coefficient (Wildman–Crippen LogP) is 4.42. The normalized spacial score (nSPS) is 11.9. The van der Waals surface area contributed by atoms with Crippen molar-refractivity contribution < 1.29 is 14.3 Å². The summed E-state index contributed by atoms with van der Waals surface area (Å²) in [5, 5.41) is 6.18. The minimum absolute atomic E-state index is 0.177. The Labute approximate surface area is 157 Å². The van der Waals surface area contributed by atoms with Crippen LogP contribution in [0.2, 0.25) is 0 Å². The second-order valence-electron chi connectivity index (χ2n) is 6.34. The molecule has 1 aliphatic rings. The van der Waals surface area contributed by atoms with E-state index in [0.717, 1.165) is 28.3 Å². The Bertz CT molecular complexity index is 997. The van der Waals surface area contributed by atoms with Gasteiger partial charge < -0.3 is 20.1 Å². The average molecular weight is 361 g/mol. The molecule has 4 rings (SSSR count). The van der Waals surface area contributed by atoms with Gasteiger partial charge in [-0.25, -0.2) is 4.98 Å². The lowest BCUT2D eigenvalue weighted by Crippen LogP contribution is -2.14. The number of hydrogen-bond acceptors (Lipinski definition) is 5. The number of amides is 1. The van der Waals surface area contributed by atoms with Crippen molar-refractivity contribution in [3.8, 4) is 11.5 Å². The number of rotatable bonds is 4. The lowest BCUT2D eigenvalue weighted by molar-refractivity contribution is 0.102. The number of para-hydroxylation sites is 1. The summed E-state index contributed by atoms with van der Waals surface area (Å²) >= 11 is 0. The van der Waals surface area contributed by atoms with Crippen molar-refractivity contribution in [1.82, 2.24) is 4.98 Å². The maximum Gasteiger partial charge on any atom is 0.255 e. The largest absolute Gasteiger partial charge is 0.454 e. The molecule has 3 aromatic rings. The molecule has 6 nitrogen and oxygen atoms in total. The zero-order chi connectivity index (χ0) is 18.8. The number of benzene rings is 2. The zero-order valence-corrected chi connectivity index (χ0v) is 15.1. The zero-order valence-electron chi connectivity index (χ0n) is 15.1. The Morgan fingerprint density at radius 1 is 1.00 bits per heavy atom. The van der Waals surface area contributed by atoms with E-state index in [1.807, 2.05) is 50.2 Å². The highest BCUT2D eigenvalue weighted by molar-refractivity contribution is 6.05. The van der Waals surface area contributed by atoms with Gasteiger partial charge in [0.2, 0.25) is 6.79 Å². The van der Waals surface area contributed by atoms with Crippen molar-refractivity contribution in [2.75, 3.05) is 17.4 Å². The van der Waals surface area contributed by atoms with E-state index in [2.05, 4.69) is 15.6 Å². The molecule has 0 atom stereocenters. The number of fused-ring (bicyclic) bond motifs is 1. The van der Waals surface area contributed by atoms with Crippen LogP contribution < -0.4 is 20.1 Å². The molecule has 2 aromatic carbocycles. The first-order chi connectivity index (χ1) is 13.1. The first-order valence-electron chi connectivity index (χ1n) is 8.60. The monoisotopic (exact) mass is 361 g/mol. The van der Waals surface area contributed by atoms with Gasteiger partial charge in [-0.05, 0) is 49.2 Å². The first-order valence-corrected chi connectivity index (χ1v) is 8.60. The van der Waals surface area contributed by atoms with Gasteiger partial charge in [0.25, 0.3) is 5.91 Å². The van der Waals surface area contributed by atoms with Crippen LogP contribution >= 0.6 is 0 Å². The number of nitrogens with zero attached hydrogens (tertiary/aromatic N) is 1. The molecule has 2 N–H and O–H groups in total. The molecule has 0 radical (unpaired) electrons. The Morgan fingerprint density at radius 3 is 2.59 bits per heavy atom. The van der Waals surface area contributed by atoms with Crippen molar-refractivity contribution in [2.45, 2.75) is 13.8 Å². The Balaban J connectivity index is 1.53. The number of pyridine rings is 1. The second-order valence-corrected chi connectivity index (χ2v) is 6.34. The molecule has 136 valence electrons. The molecule has 1 aromatic heterocycles. The molecule has 0 saturated carbocycles. The van der Waals surface area contributed by atoms with Crippen LogP contribution in [0.3, 0.4) is 0 Å². The third kappa shape index (κ3) is 3.55. The predicted molar refractivity (Wildman–Crippen MR) is 104 cm³/mol. The summed E-state index contributed by atoms with van der Waals surface area (Å²) in [6, 6.07) is 14.9. The molecule has 0 unspecified atom stereocenters. The number of carbonyl (C=O) groups is 1. The topological polar surface area (TPSA) is 72.5 Å². The third-order valence-corrected chi connectivity index (χ3v) is 4.39. The molecule has 0 aliphatic carbocycles. The van der Waals surface area contributed by atoms with Crippen LogP contribution in [0.4, 0.5) is 17.2 Å². The van der Waals surface area contributed by atoms with Crippen molar-refractivity contribution in [1.29, 1.82) is 0 Å². The number of ether oxygens (including phenoxy) is 2. The standard InChI is InChI=1S/C21H19N3O3/c1-13-4-3-5-14(2)20(13)24-21(25)15-8-9-22-19(10-15)23-16-6-7-17-18(11-16)27-12-26-17/h3-11H,12H2,1-2H3,(H,22,23)(H,24,25). The van der Waals surface area contributed by atoms with E-state index >= 15 is 0 Å². The molecule has 0 saturated heterocycles. The third-order valence-electron chi connectivity index (χ3n) is 4.39. The van der Waals surface area contributed by atoms with Gasteiger partial charge in [0.1, 0.15) is 5.82 Å². The van der Waals surface area contributed by atoms with Crippen molar-refractivity contribution >= 4 is 23.1 Å². The molecule has 2 heterocycles. The molecule has 0 fully saturated rings. The smallest absolute Gasteiger partial charge is 0.255 e. The molecular weight excluding hydrogens is 342 g/mol. The molecule has 6 heteroatoms. The molecule has 27 heavy (non-hydrogen) atoms. The van der Waals surface area contributed by atoms with Crippen molar-refractivity contribution in [3.05, 3.63) is 71.4 Å². The van der Waals surface area contributed by atoms with Gasteiger partial charge in [-0.15, -0.1) is 0 Å². The lowest BCUT2D eigenvalue weighted by Gasteiger charge is -2.12. The Hall–Kier alpha value is -3.54. The average Bonchev–Trinajstić information content (AvgIpc) is 3.13. The minimum atomic E-state index is -0.177. The van der Waals surface area contributed by atoms with E-state index in [4.69, 9.17) is 9.47 Å². The SMILES string of the molecule is Cc1cccc(C)c1NC(=O)c1ccnc(Nc2ccc3c(c2)OCO3)c1. The van der Waals surface area contributed by atoms with Gasteiger partial charge in [-0.1, -0.05) is 18.2 Å². The maximum atomic E-state index is 12.7. The molecule has 1 aliphatic heterocycles. The number of aromatic nitrogens is 1. The van der Waals surface area contributed by atoms with E-state index in [-0.39, 0.29) is 12.7 Å². The first kappa shape index (κ1) is 16.9. The Kier molecular flexibility index (Phi) is 4.38. The number of carbonyl (C=O) groups excluding carboxylic acids is 1. The van der Waals surface area contributed by atoms with Gasteiger partial charge >= 0.3 is 0 Å². The fourth-order valence-electron chi connectivity index (χ4n) is 2.96. The van der Waals surface area contributed by atoms with Crippen LogP contribution in [0.15, 0.2) is 54.7 Å². The van der Waals surface area contributed by atoms with Gasteiger partial charge in [0.15, 0.2) is 11.5 Å². The highest BCUT2D eigenvalue weighted by atomic mass is 16.7. The fraction of sp³-hybridized carbons (Fsp3) is 0.143. The quantitative estimate of drug-likeness (QED) is 0.719. The van der Waals surface area contributed by atoms with Crippen LogP contribution in [-0.2, 0) is 0 Å². The minimum Gasteiger partial charge on any atom is -0.454 e. The summed E-state index contributed by atoms with van der Waals surface area (Å²) < 4.78 is 10.7. The van der Waals surface area contributed by atoms with Gasteiger partial charge in [0.05, 0.1) is 0 Å². The molecule has 0 spiro atoms. The number of nitrogens with one attached hydrogen (secondary N) is 2. The summed E-state index contributed by atoms with van der Waals surface area (Å²) in [5.41, 5.74) is 4.21. The summed E-state index contributed by atoms with van der Waals surface area (Å²) in [5.74, 6) is 1.80. The van der Waals surface area contributed by atoms with Crippen molar-refractivity contribution in [3.63, 3.8) is 0 Å². The highest BCUT2D eigenvalue weighted by Gasteiger charge is 2.14. The van der Waals surface area contributed by atoms with Crippen molar-refractivity contribution in [2.24, 2.45) is 0 Å². The molecule has 0 bridgehead atoms. The summed E-state index contributed by atoms with van der Waals surface area (Å²) in [6.45, 7) is 4.18. The number of hydrogen-bond donors (Lipinski definition) is 2. The van der Waals surface area contributed by atoms with Gasteiger partial charge in [-0.2, -0.15) is 0 Å². The lowest BCUT2D eigenvalue weighted by atomic mass is 10.1. The van der Waals surface area contributed by atoms with Crippen LogP contribution in [0.1, 0.15) is 21.5 Å². The van der Waals surface area contributed by atoms with E-state index in [0.29, 0.717) is 17.1 Å². The van der Waals surface area contributed by atoms with Gasteiger partial charge in [-0.3, -0.25) is 4.79 Å². The summed E-state index contributed by atoms with van der Waals surface area (Å²) in [7, 11) is 0. The van der Waals surface area contributed by atoms with E-state index in [1.165, 1.54) is 0 Å². The number of anilines is 3. The van der Waals surface area contributed by atoms with Crippen LogP contribution in [0.5, 0.6) is 11.5 Å². The summed E-state index contributed by atoms with van der Waals surface area (Å²) in [4.78, 5) is 17.0. The van der Waals surface area contributed by atoms with E-state index in [1.54, 1.807) is 18.3 Å². The Morgan fingerprint density at radius 2 is 1.78 bits per heavy atom.